The molecule has 5 nitrogen and oxygen atoms in total. The molecule has 2 rings (SSSR count). The Balaban J connectivity index is 2.59. The highest BCUT2D eigenvalue weighted by Crippen LogP contribution is 2.13. The van der Waals surface area contributed by atoms with Gasteiger partial charge in [0.15, 0.2) is 5.82 Å². The van der Waals surface area contributed by atoms with Gasteiger partial charge in [-0.25, -0.2) is 9.97 Å². The van der Waals surface area contributed by atoms with Gasteiger partial charge in [0.05, 0.1) is 5.51 Å². The maximum absolute atomic E-state index is 11.0. The molecule has 0 saturated carbocycles. The van der Waals surface area contributed by atoms with E-state index in [0.29, 0.717) is 11.5 Å². The fourth-order valence-corrected chi connectivity index (χ4v) is 1.46. The molecule has 0 bridgehead atoms. The van der Waals surface area contributed by atoms with E-state index in [9.17, 15) is 4.79 Å². The van der Waals surface area contributed by atoms with Crippen molar-refractivity contribution in [1.82, 2.24) is 15.0 Å². The zero-order valence-corrected chi connectivity index (χ0v) is 7.34. The van der Waals surface area contributed by atoms with E-state index in [4.69, 9.17) is 5.73 Å². The zero-order chi connectivity index (χ0) is 9.26. The number of hydrogen-bond acceptors (Lipinski definition) is 5. The van der Waals surface area contributed by atoms with Crippen molar-refractivity contribution >= 4 is 17.2 Å². The smallest absolute Gasteiger partial charge is 0.253 e. The van der Waals surface area contributed by atoms with Gasteiger partial charge in [-0.3, -0.25) is 4.79 Å². The first-order valence-electron chi connectivity index (χ1n) is 3.51. The number of hydrogen-bond donors (Lipinski definition) is 2. The summed E-state index contributed by atoms with van der Waals surface area (Å²) in [6.45, 7) is 0. The van der Waals surface area contributed by atoms with Gasteiger partial charge in [-0.2, -0.15) is 0 Å². The molecular formula is C7H6N4OS. The van der Waals surface area contributed by atoms with E-state index in [1.807, 2.05) is 0 Å². The number of nitrogens with one attached hydrogen (secondary N) is 1. The molecule has 0 aliphatic carbocycles. The molecule has 0 radical (unpaired) electrons. The van der Waals surface area contributed by atoms with Gasteiger partial charge in [-0.05, 0) is 0 Å². The maximum atomic E-state index is 11.0. The molecule has 2 heterocycles. The second-order valence-electron chi connectivity index (χ2n) is 2.39. The Morgan fingerprint density at radius 3 is 3.00 bits per heavy atom. The Morgan fingerprint density at radius 2 is 2.38 bits per heavy atom. The predicted molar refractivity (Wildman–Crippen MR) is 50.4 cm³/mol. The van der Waals surface area contributed by atoms with Crippen molar-refractivity contribution in [1.29, 1.82) is 0 Å². The van der Waals surface area contributed by atoms with Crippen LogP contribution in [0, 0.1) is 0 Å². The number of aromatic nitrogens is 3. The van der Waals surface area contributed by atoms with Gasteiger partial charge in [-0.1, -0.05) is 0 Å². The number of anilines is 1. The first-order valence-corrected chi connectivity index (χ1v) is 4.45. The van der Waals surface area contributed by atoms with Gasteiger partial charge < -0.3 is 10.7 Å². The zero-order valence-electron chi connectivity index (χ0n) is 6.52. The lowest BCUT2D eigenvalue weighted by Gasteiger charge is -1.95. The minimum absolute atomic E-state index is 0.201. The summed E-state index contributed by atoms with van der Waals surface area (Å²) in [5.41, 5.74) is 7.44. The number of rotatable bonds is 1. The van der Waals surface area contributed by atoms with Gasteiger partial charge in [-0.15, -0.1) is 11.3 Å². The van der Waals surface area contributed by atoms with Crippen LogP contribution in [0.15, 0.2) is 21.8 Å². The average Bonchev–Trinajstić information content (AvgIpc) is 2.53. The third-order valence-corrected chi connectivity index (χ3v) is 2.02. The molecular weight excluding hydrogens is 188 g/mol. The number of thiazole rings is 1. The lowest BCUT2D eigenvalue weighted by atomic mass is 10.4. The van der Waals surface area contributed by atoms with E-state index in [1.165, 1.54) is 17.4 Å². The molecule has 6 heteroatoms. The van der Waals surface area contributed by atoms with E-state index in [1.54, 1.807) is 10.9 Å². The first kappa shape index (κ1) is 7.93. The third-order valence-electron chi connectivity index (χ3n) is 1.44. The molecule has 0 atom stereocenters. The Hall–Kier alpha value is -1.69. The summed E-state index contributed by atoms with van der Waals surface area (Å²) in [6, 6.07) is 1.23. The fourth-order valence-electron chi connectivity index (χ4n) is 0.927. The molecule has 66 valence electrons. The van der Waals surface area contributed by atoms with Crippen LogP contribution in [-0.2, 0) is 0 Å². The summed E-state index contributed by atoms with van der Waals surface area (Å²) in [7, 11) is 0. The van der Waals surface area contributed by atoms with E-state index < -0.39 is 0 Å². The molecule has 0 fully saturated rings. The third kappa shape index (κ3) is 1.57. The predicted octanol–water partition coefficient (Wildman–Crippen LogP) is 0.476. The van der Waals surface area contributed by atoms with Crippen molar-refractivity contribution in [2.45, 2.75) is 0 Å². The molecule has 0 aliphatic heterocycles. The van der Waals surface area contributed by atoms with Crippen molar-refractivity contribution < 1.29 is 0 Å². The molecule has 2 aromatic heterocycles. The minimum Gasteiger partial charge on any atom is -0.383 e. The summed E-state index contributed by atoms with van der Waals surface area (Å²) in [6.07, 6.45) is 0. The highest BCUT2D eigenvalue weighted by molar-refractivity contribution is 7.07. The van der Waals surface area contributed by atoms with E-state index in [0.717, 1.165) is 0 Å². The molecule has 13 heavy (non-hydrogen) atoms. The highest BCUT2D eigenvalue weighted by Gasteiger charge is 2.02. The quantitative estimate of drug-likeness (QED) is 0.691. The standard InChI is InChI=1S/C7H6N4OS/c8-5-1-6(12)11-7(10-5)4-2-13-3-9-4/h1-3H,(H3,8,10,11,12). The number of aromatic amines is 1. The van der Waals surface area contributed by atoms with Crippen LogP contribution in [0.4, 0.5) is 5.82 Å². The van der Waals surface area contributed by atoms with Gasteiger partial charge in [0.2, 0.25) is 0 Å². The summed E-state index contributed by atoms with van der Waals surface area (Å²) in [5.74, 6) is 0.609. The van der Waals surface area contributed by atoms with Gasteiger partial charge in [0, 0.05) is 11.4 Å². The lowest BCUT2D eigenvalue weighted by Crippen LogP contribution is -2.09. The molecule has 0 spiro atoms. The summed E-state index contributed by atoms with van der Waals surface area (Å²) in [5, 5.41) is 1.79. The molecule has 0 unspecified atom stereocenters. The van der Waals surface area contributed by atoms with Gasteiger partial charge in [0.25, 0.3) is 5.56 Å². The molecule has 2 aromatic rings. The summed E-state index contributed by atoms with van der Waals surface area (Å²) < 4.78 is 0. The van der Waals surface area contributed by atoms with Crippen molar-refractivity contribution in [3.8, 4) is 11.5 Å². The minimum atomic E-state index is -0.268. The van der Waals surface area contributed by atoms with Gasteiger partial charge >= 0.3 is 0 Å². The number of nitrogen functional groups attached to an aromatic ring is 1. The van der Waals surface area contributed by atoms with Crippen LogP contribution in [0.5, 0.6) is 0 Å². The normalized spacial score (nSPS) is 10.2. The van der Waals surface area contributed by atoms with Crippen molar-refractivity contribution in [3.63, 3.8) is 0 Å². The van der Waals surface area contributed by atoms with Crippen LogP contribution >= 0.6 is 11.3 Å². The fraction of sp³-hybridized carbons (Fsp3) is 0. The molecule has 0 aromatic carbocycles. The maximum Gasteiger partial charge on any atom is 0.253 e. The SMILES string of the molecule is Nc1cc(=O)[nH]c(-c2cscn2)n1. The van der Waals surface area contributed by atoms with Crippen LogP contribution in [0.3, 0.4) is 0 Å². The topological polar surface area (TPSA) is 84.7 Å². The Labute approximate surface area is 77.3 Å². The summed E-state index contributed by atoms with van der Waals surface area (Å²) in [4.78, 5) is 21.5. The Morgan fingerprint density at radius 1 is 1.54 bits per heavy atom. The van der Waals surface area contributed by atoms with Crippen molar-refractivity contribution in [3.05, 3.63) is 27.3 Å². The van der Waals surface area contributed by atoms with Crippen LogP contribution in [-0.4, -0.2) is 15.0 Å². The van der Waals surface area contributed by atoms with Gasteiger partial charge in [0.1, 0.15) is 11.5 Å². The monoisotopic (exact) mass is 194 g/mol. The van der Waals surface area contributed by atoms with E-state index in [-0.39, 0.29) is 11.4 Å². The van der Waals surface area contributed by atoms with E-state index in [2.05, 4.69) is 15.0 Å². The molecule has 0 saturated heterocycles. The van der Waals surface area contributed by atoms with Crippen molar-refractivity contribution in [2.24, 2.45) is 0 Å². The van der Waals surface area contributed by atoms with Crippen LogP contribution in [0.25, 0.3) is 11.5 Å². The Kier molecular flexibility index (Phi) is 1.82. The van der Waals surface area contributed by atoms with Crippen molar-refractivity contribution in [2.75, 3.05) is 5.73 Å². The van der Waals surface area contributed by atoms with Crippen LogP contribution < -0.4 is 11.3 Å². The molecule has 0 amide bonds. The Bertz CT molecular complexity index is 462. The second-order valence-corrected chi connectivity index (χ2v) is 3.11. The molecule has 0 aliphatic rings. The van der Waals surface area contributed by atoms with E-state index >= 15 is 0 Å². The highest BCUT2D eigenvalue weighted by atomic mass is 32.1. The number of nitrogens with zero attached hydrogens (tertiary/aromatic N) is 2. The van der Waals surface area contributed by atoms with Crippen LogP contribution in [0.2, 0.25) is 0 Å². The molecule has 3 N–H and O–H groups in total. The largest absolute Gasteiger partial charge is 0.383 e. The second kappa shape index (κ2) is 2.98. The van der Waals surface area contributed by atoms with Crippen LogP contribution in [0.1, 0.15) is 0 Å². The average molecular weight is 194 g/mol. The summed E-state index contributed by atoms with van der Waals surface area (Å²) >= 11 is 1.43. The lowest BCUT2D eigenvalue weighted by molar-refractivity contribution is 1.12. The number of H-pyrrole nitrogens is 1. The first-order chi connectivity index (χ1) is 6.25. The number of nitrogens with two attached hydrogens (primary N) is 1.